The van der Waals surface area contributed by atoms with Gasteiger partial charge in [-0.25, -0.2) is 4.39 Å². The topological polar surface area (TPSA) is 49.4 Å². The standard InChI is InChI=1S/C21H23FN2O2S/c1-3-10-23-19(25)18-13-27-21(16-8-5-9-17(22)12-16)24(18)20(26)15-7-4-6-14(2)11-15/h4-9,11-12,18,21H,3,10,13H2,1-2H3,(H,23,25). The molecule has 0 spiro atoms. The number of rotatable bonds is 5. The fourth-order valence-corrected chi connectivity index (χ4v) is 4.59. The lowest BCUT2D eigenvalue weighted by atomic mass is 10.1. The summed E-state index contributed by atoms with van der Waals surface area (Å²) in [6.45, 7) is 4.47. The molecule has 2 aromatic rings. The number of carbonyl (C=O) groups excluding carboxylic acids is 2. The lowest BCUT2D eigenvalue weighted by Crippen LogP contribution is -2.48. The molecule has 3 rings (SSSR count). The van der Waals surface area contributed by atoms with Gasteiger partial charge in [0.25, 0.3) is 5.91 Å². The lowest BCUT2D eigenvalue weighted by Gasteiger charge is -2.29. The molecular formula is C21H23FN2O2S. The van der Waals surface area contributed by atoms with E-state index in [2.05, 4.69) is 5.32 Å². The van der Waals surface area contributed by atoms with Crippen LogP contribution in [0.25, 0.3) is 0 Å². The van der Waals surface area contributed by atoms with Crippen molar-refractivity contribution in [2.45, 2.75) is 31.7 Å². The zero-order chi connectivity index (χ0) is 19.4. The van der Waals surface area contributed by atoms with Crippen molar-refractivity contribution in [1.29, 1.82) is 0 Å². The van der Waals surface area contributed by atoms with Gasteiger partial charge in [0.1, 0.15) is 17.2 Å². The minimum atomic E-state index is -0.581. The summed E-state index contributed by atoms with van der Waals surface area (Å²) in [5.74, 6) is -0.248. The van der Waals surface area contributed by atoms with Crippen LogP contribution in [0, 0.1) is 12.7 Å². The smallest absolute Gasteiger partial charge is 0.255 e. The Kier molecular flexibility index (Phi) is 6.16. The van der Waals surface area contributed by atoms with Crippen molar-refractivity contribution in [2.75, 3.05) is 12.3 Å². The number of aryl methyl sites for hydroxylation is 1. The van der Waals surface area contributed by atoms with Gasteiger partial charge in [-0.3, -0.25) is 9.59 Å². The van der Waals surface area contributed by atoms with Gasteiger partial charge in [-0.05, 0) is 43.2 Å². The summed E-state index contributed by atoms with van der Waals surface area (Å²) in [5, 5.41) is 2.49. The highest BCUT2D eigenvalue weighted by Gasteiger charge is 2.42. The quantitative estimate of drug-likeness (QED) is 0.847. The lowest BCUT2D eigenvalue weighted by molar-refractivity contribution is -0.124. The fourth-order valence-electron chi connectivity index (χ4n) is 3.17. The van der Waals surface area contributed by atoms with Crippen molar-refractivity contribution in [3.05, 3.63) is 71.0 Å². The molecule has 2 amide bonds. The van der Waals surface area contributed by atoms with Gasteiger partial charge in [-0.15, -0.1) is 11.8 Å². The second kappa shape index (κ2) is 8.57. The number of benzene rings is 2. The third-order valence-corrected chi connectivity index (χ3v) is 5.81. The molecule has 1 saturated heterocycles. The maximum atomic E-state index is 13.8. The van der Waals surface area contributed by atoms with Gasteiger partial charge in [0, 0.05) is 17.9 Å². The average Bonchev–Trinajstić information content (AvgIpc) is 3.10. The highest BCUT2D eigenvalue weighted by atomic mass is 32.2. The average molecular weight is 386 g/mol. The monoisotopic (exact) mass is 386 g/mol. The van der Waals surface area contributed by atoms with Crippen LogP contribution in [0.5, 0.6) is 0 Å². The largest absolute Gasteiger partial charge is 0.354 e. The van der Waals surface area contributed by atoms with Gasteiger partial charge in [-0.2, -0.15) is 0 Å². The molecule has 0 bridgehead atoms. The van der Waals surface area contributed by atoms with Crippen LogP contribution >= 0.6 is 11.8 Å². The van der Waals surface area contributed by atoms with E-state index < -0.39 is 11.4 Å². The Morgan fingerprint density at radius 1 is 1.22 bits per heavy atom. The van der Waals surface area contributed by atoms with E-state index in [4.69, 9.17) is 0 Å². The summed E-state index contributed by atoms with van der Waals surface area (Å²) >= 11 is 1.49. The molecule has 2 atom stereocenters. The molecule has 27 heavy (non-hydrogen) atoms. The van der Waals surface area contributed by atoms with Crippen LogP contribution in [0.15, 0.2) is 48.5 Å². The molecule has 0 radical (unpaired) electrons. The van der Waals surface area contributed by atoms with Crippen LogP contribution in [0.2, 0.25) is 0 Å². The van der Waals surface area contributed by atoms with Crippen LogP contribution in [-0.2, 0) is 4.79 Å². The van der Waals surface area contributed by atoms with Gasteiger partial charge in [0.2, 0.25) is 5.91 Å². The second-order valence-electron chi connectivity index (χ2n) is 6.63. The van der Waals surface area contributed by atoms with Crippen LogP contribution in [-0.4, -0.2) is 35.1 Å². The highest BCUT2D eigenvalue weighted by molar-refractivity contribution is 7.99. The molecular weight excluding hydrogens is 363 g/mol. The van der Waals surface area contributed by atoms with Crippen LogP contribution in [0.1, 0.15) is 40.2 Å². The summed E-state index contributed by atoms with van der Waals surface area (Å²) in [7, 11) is 0. The molecule has 0 aromatic heterocycles. The van der Waals surface area contributed by atoms with E-state index in [0.29, 0.717) is 23.4 Å². The van der Waals surface area contributed by atoms with Crippen molar-refractivity contribution in [3.8, 4) is 0 Å². The van der Waals surface area contributed by atoms with Crippen molar-refractivity contribution in [2.24, 2.45) is 0 Å². The van der Waals surface area contributed by atoms with E-state index in [0.717, 1.165) is 12.0 Å². The second-order valence-corrected chi connectivity index (χ2v) is 7.74. The first kappa shape index (κ1) is 19.4. The number of halogens is 1. The molecule has 142 valence electrons. The predicted octanol–water partition coefficient (Wildman–Crippen LogP) is 3.92. The van der Waals surface area contributed by atoms with Gasteiger partial charge >= 0.3 is 0 Å². The van der Waals surface area contributed by atoms with E-state index >= 15 is 0 Å². The zero-order valence-electron chi connectivity index (χ0n) is 15.4. The summed E-state index contributed by atoms with van der Waals surface area (Å²) in [6, 6.07) is 13.0. The Morgan fingerprint density at radius 3 is 2.70 bits per heavy atom. The van der Waals surface area contributed by atoms with Crippen molar-refractivity contribution in [3.63, 3.8) is 0 Å². The Balaban J connectivity index is 1.96. The number of nitrogens with one attached hydrogen (secondary N) is 1. The van der Waals surface area contributed by atoms with Gasteiger partial charge in [0.15, 0.2) is 0 Å². The first-order chi connectivity index (χ1) is 13.0. The molecule has 2 aromatic carbocycles. The molecule has 1 fully saturated rings. The predicted molar refractivity (Wildman–Crippen MR) is 106 cm³/mol. The Bertz CT molecular complexity index is 842. The Morgan fingerprint density at radius 2 is 2.00 bits per heavy atom. The van der Waals surface area contributed by atoms with Crippen molar-refractivity contribution >= 4 is 23.6 Å². The molecule has 0 aliphatic carbocycles. The Labute approximate surface area is 163 Å². The molecule has 4 nitrogen and oxygen atoms in total. The zero-order valence-corrected chi connectivity index (χ0v) is 16.3. The number of carbonyl (C=O) groups is 2. The van der Waals surface area contributed by atoms with Crippen molar-refractivity contribution < 1.29 is 14.0 Å². The SMILES string of the molecule is CCCNC(=O)C1CSC(c2cccc(F)c2)N1C(=O)c1cccc(C)c1. The normalized spacial score (nSPS) is 19.1. The van der Waals surface area contributed by atoms with E-state index in [9.17, 15) is 14.0 Å². The van der Waals surface area contributed by atoms with Crippen LogP contribution in [0.4, 0.5) is 4.39 Å². The Hall–Kier alpha value is -2.34. The first-order valence-electron chi connectivity index (χ1n) is 9.05. The summed E-state index contributed by atoms with van der Waals surface area (Å²) in [5.41, 5.74) is 2.20. The van der Waals surface area contributed by atoms with Crippen molar-refractivity contribution in [1.82, 2.24) is 10.2 Å². The molecule has 1 aliphatic heterocycles. The number of nitrogens with zero attached hydrogens (tertiary/aromatic N) is 1. The van der Waals surface area contributed by atoms with Crippen LogP contribution < -0.4 is 5.32 Å². The molecule has 1 heterocycles. The van der Waals surface area contributed by atoms with Crippen LogP contribution in [0.3, 0.4) is 0 Å². The number of thioether (sulfide) groups is 1. The van der Waals surface area contributed by atoms with E-state index in [1.54, 1.807) is 23.1 Å². The first-order valence-corrected chi connectivity index (χ1v) is 10.1. The maximum absolute atomic E-state index is 13.8. The van der Waals surface area contributed by atoms with E-state index in [1.165, 1.54) is 23.9 Å². The third kappa shape index (κ3) is 4.33. The summed E-state index contributed by atoms with van der Waals surface area (Å²) < 4.78 is 13.8. The number of hydrogen-bond acceptors (Lipinski definition) is 3. The fraction of sp³-hybridized carbons (Fsp3) is 0.333. The number of amides is 2. The van der Waals surface area contributed by atoms with Gasteiger partial charge in [0.05, 0.1) is 0 Å². The highest BCUT2D eigenvalue weighted by Crippen LogP contribution is 2.42. The van der Waals surface area contributed by atoms with Gasteiger partial charge < -0.3 is 10.2 Å². The van der Waals surface area contributed by atoms with Gasteiger partial charge in [-0.1, -0.05) is 36.8 Å². The molecule has 0 saturated carbocycles. The molecule has 6 heteroatoms. The third-order valence-electron chi connectivity index (χ3n) is 4.49. The minimum Gasteiger partial charge on any atom is -0.354 e. The summed E-state index contributed by atoms with van der Waals surface area (Å²) in [4.78, 5) is 27.6. The maximum Gasteiger partial charge on any atom is 0.255 e. The minimum absolute atomic E-state index is 0.163. The number of hydrogen-bond donors (Lipinski definition) is 1. The summed E-state index contributed by atoms with van der Waals surface area (Å²) in [6.07, 6.45) is 0.824. The van der Waals surface area contributed by atoms with E-state index in [1.807, 2.05) is 32.0 Å². The molecule has 1 N–H and O–H groups in total. The molecule has 2 unspecified atom stereocenters. The van der Waals surface area contributed by atoms with E-state index in [-0.39, 0.29) is 17.6 Å². The molecule has 1 aliphatic rings.